The molecule has 29 heavy (non-hydrogen) atoms. The summed E-state index contributed by atoms with van der Waals surface area (Å²) in [4.78, 5) is 14.3. The van der Waals surface area contributed by atoms with Crippen LogP contribution in [0.1, 0.15) is 14.3 Å². The second-order valence-electron chi connectivity index (χ2n) is 7.23. The van der Waals surface area contributed by atoms with E-state index in [0.29, 0.717) is 36.6 Å². The predicted octanol–water partition coefficient (Wildman–Crippen LogP) is 3.97. The zero-order chi connectivity index (χ0) is 20.4. The molecule has 1 aromatic heterocycles. The van der Waals surface area contributed by atoms with Crippen molar-refractivity contribution < 1.29 is 14.6 Å². The van der Waals surface area contributed by atoms with Crippen LogP contribution >= 0.6 is 11.6 Å². The molecule has 1 aliphatic heterocycles. The third kappa shape index (κ3) is 4.41. The van der Waals surface area contributed by atoms with Crippen LogP contribution in [-0.4, -0.2) is 42.1 Å². The van der Waals surface area contributed by atoms with Crippen LogP contribution in [0.2, 0.25) is 5.02 Å². The van der Waals surface area contributed by atoms with Gasteiger partial charge in [-0.1, -0.05) is 29.8 Å². The first-order valence-electron chi connectivity index (χ1n) is 9.51. The van der Waals surface area contributed by atoms with Crippen LogP contribution in [0.5, 0.6) is 0 Å². The van der Waals surface area contributed by atoms with Gasteiger partial charge in [0.05, 0.1) is 5.25 Å². The second-order valence-corrected chi connectivity index (χ2v) is 9.62. The molecule has 4 rings (SSSR count). The minimum atomic E-state index is -3.53. The Hall–Kier alpha value is -2.51. The molecule has 6 nitrogen and oxygen atoms in total. The van der Waals surface area contributed by atoms with Crippen molar-refractivity contribution in [3.63, 3.8) is 0 Å². The minimum absolute atomic E-state index is 0. The van der Waals surface area contributed by atoms with Crippen LogP contribution in [0, 0.1) is 0 Å². The van der Waals surface area contributed by atoms with E-state index in [1.165, 1.54) is 0 Å². The summed E-state index contributed by atoms with van der Waals surface area (Å²) < 4.78 is 29.9. The summed E-state index contributed by atoms with van der Waals surface area (Å²) >= 11 is 6.02. The van der Waals surface area contributed by atoms with Gasteiger partial charge in [-0.3, -0.25) is 9.52 Å². The maximum atomic E-state index is 12.6. The predicted molar refractivity (Wildman–Crippen MR) is 118 cm³/mol. The molecule has 8 heteroatoms. The average molecular weight is 434 g/mol. The molecule has 1 saturated heterocycles. The lowest BCUT2D eigenvalue weighted by Gasteiger charge is -2.18. The fraction of sp³-hybridized carbons (Fsp3) is 0.286. The van der Waals surface area contributed by atoms with Gasteiger partial charge < -0.3 is 9.47 Å². The van der Waals surface area contributed by atoms with Crippen LogP contribution in [0.15, 0.2) is 60.8 Å². The van der Waals surface area contributed by atoms with Crippen LogP contribution in [-0.2, 0) is 21.4 Å². The van der Waals surface area contributed by atoms with Gasteiger partial charge in [0.25, 0.3) is 0 Å². The third-order valence-electron chi connectivity index (χ3n) is 5.27. The highest BCUT2D eigenvalue weighted by atomic mass is 35.5. The van der Waals surface area contributed by atoms with E-state index in [-0.39, 0.29) is 13.9 Å². The lowest BCUT2D eigenvalue weighted by atomic mass is 10.2. The summed E-state index contributed by atoms with van der Waals surface area (Å²) in [5, 5.41) is 1.12. The van der Waals surface area contributed by atoms with Gasteiger partial charge in [-0.15, -0.1) is 0 Å². The zero-order valence-corrected chi connectivity index (χ0v) is 17.4. The Labute approximate surface area is 176 Å². The molecule has 1 N–H and O–H groups in total. The van der Waals surface area contributed by atoms with Gasteiger partial charge in [-0.2, -0.15) is 0 Å². The highest BCUT2D eigenvalue weighted by molar-refractivity contribution is 7.93. The van der Waals surface area contributed by atoms with E-state index in [1.807, 2.05) is 41.1 Å². The van der Waals surface area contributed by atoms with Crippen molar-refractivity contribution in [1.29, 1.82) is 0 Å². The van der Waals surface area contributed by atoms with Crippen molar-refractivity contribution in [3.8, 4) is 0 Å². The lowest BCUT2D eigenvalue weighted by molar-refractivity contribution is -0.130. The van der Waals surface area contributed by atoms with E-state index in [1.54, 1.807) is 29.2 Å². The molecule has 1 amide bonds. The number of amides is 1. The van der Waals surface area contributed by atoms with Gasteiger partial charge in [-0.25, -0.2) is 8.42 Å². The number of nitrogens with one attached hydrogen (secondary N) is 1. The SMILES string of the molecule is O=C(CCn1ccc2cc(Cl)ccc21)N1CCC(S(=O)(=O)Nc2ccccc2)C1.[HH]. The number of hydrogen-bond acceptors (Lipinski definition) is 3. The highest BCUT2D eigenvalue weighted by Gasteiger charge is 2.35. The smallest absolute Gasteiger partial charge is 0.237 e. The number of benzene rings is 2. The summed E-state index contributed by atoms with van der Waals surface area (Å²) in [5.74, 6) is -0.0294. The Morgan fingerprint density at radius 2 is 1.97 bits per heavy atom. The molecule has 0 saturated carbocycles. The van der Waals surface area contributed by atoms with E-state index >= 15 is 0 Å². The first-order chi connectivity index (χ1) is 13.9. The molecule has 1 unspecified atom stereocenters. The number of nitrogens with zero attached hydrogens (tertiary/aromatic N) is 2. The van der Waals surface area contributed by atoms with Crippen molar-refractivity contribution >= 4 is 44.1 Å². The van der Waals surface area contributed by atoms with Crippen molar-refractivity contribution in [2.75, 3.05) is 17.8 Å². The first-order valence-corrected chi connectivity index (χ1v) is 11.4. The monoisotopic (exact) mass is 433 g/mol. The number of carbonyl (C=O) groups excluding carboxylic acids is 1. The zero-order valence-electron chi connectivity index (χ0n) is 15.8. The van der Waals surface area contributed by atoms with Gasteiger partial charge in [-0.05, 0) is 42.8 Å². The second kappa shape index (κ2) is 8.08. The Bertz CT molecular complexity index is 1130. The number of fused-ring (bicyclic) bond motifs is 1. The van der Waals surface area contributed by atoms with Gasteiger partial charge in [0.1, 0.15) is 0 Å². The van der Waals surface area contributed by atoms with Gasteiger partial charge in [0, 0.05) is 55.3 Å². The van der Waals surface area contributed by atoms with Gasteiger partial charge >= 0.3 is 0 Å². The largest absolute Gasteiger partial charge is 0.347 e. The van der Waals surface area contributed by atoms with E-state index in [2.05, 4.69) is 4.72 Å². The molecular formula is C21H24ClN3O3S. The lowest BCUT2D eigenvalue weighted by Crippen LogP contribution is -2.34. The van der Waals surface area contributed by atoms with E-state index in [0.717, 1.165) is 10.9 Å². The summed E-state index contributed by atoms with van der Waals surface area (Å²) in [7, 11) is -3.53. The molecule has 154 valence electrons. The molecule has 2 aromatic carbocycles. The Morgan fingerprint density at radius 1 is 1.17 bits per heavy atom. The molecule has 0 radical (unpaired) electrons. The van der Waals surface area contributed by atoms with Gasteiger partial charge in [0.15, 0.2) is 0 Å². The van der Waals surface area contributed by atoms with E-state index in [4.69, 9.17) is 11.6 Å². The third-order valence-corrected chi connectivity index (χ3v) is 7.29. The van der Waals surface area contributed by atoms with Crippen LogP contribution in [0.25, 0.3) is 10.9 Å². The number of likely N-dealkylation sites (tertiary alicyclic amines) is 1. The Kier molecular flexibility index (Phi) is 5.52. The number of para-hydroxylation sites is 1. The summed E-state index contributed by atoms with van der Waals surface area (Å²) in [6, 6.07) is 16.4. The quantitative estimate of drug-likeness (QED) is 0.639. The summed E-state index contributed by atoms with van der Waals surface area (Å²) in [6.07, 6.45) is 2.71. The Morgan fingerprint density at radius 3 is 2.76 bits per heavy atom. The number of carbonyl (C=O) groups is 1. The molecule has 0 bridgehead atoms. The number of halogens is 1. The van der Waals surface area contributed by atoms with Crippen LogP contribution in [0.3, 0.4) is 0 Å². The topological polar surface area (TPSA) is 71.4 Å². The maximum absolute atomic E-state index is 12.6. The normalized spacial score (nSPS) is 17.0. The number of rotatable bonds is 6. The number of anilines is 1. The molecular weight excluding hydrogens is 410 g/mol. The first kappa shape index (κ1) is 19.8. The molecule has 2 heterocycles. The number of sulfonamides is 1. The minimum Gasteiger partial charge on any atom is -0.347 e. The number of aromatic nitrogens is 1. The van der Waals surface area contributed by atoms with Crippen LogP contribution in [0.4, 0.5) is 5.69 Å². The maximum Gasteiger partial charge on any atom is 0.237 e. The van der Waals surface area contributed by atoms with Crippen LogP contribution < -0.4 is 4.72 Å². The molecule has 3 aromatic rings. The fourth-order valence-corrected chi connectivity index (χ4v) is 5.31. The summed E-state index contributed by atoms with van der Waals surface area (Å²) in [5.41, 5.74) is 1.56. The molecule has 0 aliphatic carbocycles. The standard InChI is InChI=1S/C21H22ClN3O3S.H2/c22-17-6-7-20-16(14-17)8-11-24(20)13-10-21(26)25-12-9-19(15-25)29(27,28)23-18-4-2-1-3-5-18;/h1-8,11,14,19,23H,9-10,12-13,15H2;1H. The summed E-state index contributed by atoms with van der Waals surface area (Å²) in [6.45, 7) is 1.23. The highest BCUT2D eigenvalue weighted by Crippen LogP contribution is 2.23. The average Bonchev–Trinajstić information content (AvgIpc) is 3.34. The van der Waals surface area contributed by atoms with Crippen molar-refractivity contribution in [2.45, 2.75) is 24.6 Å². The van der Waals surface area contributed by atoms with E-state index in [9.17, 15) is 13.2 Å². The molecule has 1 fully saturated rings. The van der Waals surface area contributed by atoms with Gasteiger partial charge in [0.2, 0.25) is 15.9 Å². The van der Waals surface area contributed by atoms with Crippen molar-refractivity contribution in [3.05, 3.63) is 65.8 Å². The molecule has 1 atom stereocenters. The number of hydrogen-bond donors (Lipinski definition) is 1. The number of aryl methyl sites for hydroxylation is 1. The van der Waals surface area contributed by atoms with E-state index < -0.39 is 15.3 Å². The fourth-order valence-electron chi connectivity index (χ4n) is 3.70. The molecule has 1 aliphatic rings. The van der Waals surface area contributed by atoms with Crippen molar-refractivity contribution in [1.82, 2.24) is 9.47 Å². The Balaban J connectivity index is 0.00000256. The molecule has 0 spiro atoms. The van der Waals surface area contributed by atoms with Crippen molar-refractivity contribution in [2.24, 2.45) is 0 Å².